The van der Waals surface area contributed by atoms with E-state index in [1.54, 1.807) is 12.1 Å². The lowest BCUT2D eigenvalue weighted by atomic mass is 10.2. The van der Waals surface area contributed by atoms with E-state index in [-0.39, 0.29) is 5.91 Å². The minimum Gasteiger partial charge on any atom is -0.324 e. The van der Waals surface area contributed by atoms with Crippen LogP contribution in [0, 0.1) is 20.8 Å². The molecule has 0 radical (unpaired) electrons. The summed E-state index contributed by atoms with van der Waals surface area (Å²) in [7, 11) is 0. The summed E-state index contributed by atoms with van der Waals surface area (Å²) < 4.78 is 0. The highest BCUT2D eigenvalue weighted by atomic mass is 32.1. The Bertz CT molecular complexity index is 870. The molecule has 0 bridgehead atoms. The van der Waals surface area contributed by atoms with Crippen LogP contribution in [0.1, 0.15) is 27.4 Å². The van der Waals surface area contributed by atoms with E-state index in [2.05, 4.69) is 25.6 Å². The Morgan fingerprint density at radius 3 is 2.42 bits per heavy atom. The molecule has 3 rings (SSSR count). The van der Waals surface area contributed by atoms with Crippen molar-refractivity contribution in [1.82, 2.24) is 15.0 Å². The van der Waals surface area contributed by atoms with Crippen molar-refractivity contribution in [1.29, 1.82) is 0 Å². The number of nitrogens with one attached hydrogen (secondary N) is 2. The van der Waals surface area contributed by atoms with E-state index in [0.717, 1.165) is 22.8 Å². The molecule has 0 aliphatic rings. The maximum Gasteiger partial charge on any atom is 0.257 e. The SMILES string of the molecule is Cc1cc(C)nc(Nc2cccc(C(=O)Nc3nc(C)cs3)c2)n1. The molecule has 122 valence electrons. The molecular weight excluding hydrogens is 322 g/mol. The van der Waals surface area contributed by atoms with Crippen LogP contribution in [0.4, 0.5) is 16.8 Å². The second-order valence-corrected chi connectivity index (χ2v) is 6.29. The van der Waals surface area contributed by atoms with Crippen LogP contribution in [0.5, 0.6) is 0 Å². The number of hydrogen-bond donors (Lipinski definition) is 2. The van der Waals surface area contributed by atoms with Gasteiger partial charge in [0.05, 0.1) is 5.69 Å². The predicted molar refractivity (Wildman–Crippen MR) is 96.0 cm³/mol. The van der Waals surface area contributed by atoms with E-state index >= 15 is 0 Å². The van der Waals surface area contributed by atoms with Gasteiger partial charge in [0.1, 0.15) is 0 Å². The van der Waals surface area contributed by atoms with Crippen molar-refractivity contribution in [2.75, 3.05) is 10.6 Å². The molecule has 1 aromatic carbocycles. The van der Waals surface area contributed by atoms with Gasteiger partial charge in [-0.1, -0.05) is 6.07 Å². The van der Waals surface area contributed by atoms with Crippen LogP contribution in [0.15, 0.2) is 35.7 Å². The van der Waals surface area contributed by atoms with Gasteiger partial charge in [0.2, 0.25) is 5.95 Å². The second kappa shape index (κ2) is 6.76. The topological polar surface area (TPSA) is 79.8 Å². The first-order valence-corrected chi connectivity index (χ1v) is 8.30. The van der Waals surface area contributed by atoms with Crippen molar-refractivity contribution in [3.05, 3.63) is 58.4 Å². The summed E-state index contributed by atoms with van der Waals surface area (Å²) in [6.07, 6.45) is 0. The first-order valence-electron chi connectivity index (χ1n) is 7.42. The smallest absolute Gasteiger partial charge is 0.257 e. The second-order valence-electron chi connectivity index (χ2n) is 5.43. The Morgan fingerprint density at radius 2 is 1.75 bits per heavy atom. The fourth-order valence-corrected chi connectivity index (χ4v) is 2.91. The van der Waals surface area contributed by atoms with Crippen LogP contribution in [0.25, 0.3) is 0 Å². The molecule has 6 nitrogen and oxygen atoms in total. The molecular formula is C17H17N5OS. The van der Waals surface area contributed by atoms with Gasteiger partial charge in [0.15, 0.2) is 5.13 Å². The zero-order valence-corrected chi connectivity index (χ0v) is 14.4. The molecule has 0 unspecified atom stereocenters. The van der Waals surface area contributed by atoms with Crippen LogP contribution in [0.3, 0.4) is 0 Å². The number of thiazole rings is 1. The van der Waals surface area contributed by atoms with E-state index in [0.29, 0.717) is 16.6 Å². The summed E-state index contributed by atoms with van der Waals surface area (Å²) >= 11 is 1.40. The normalized spacial score (nSPS) is 10.5. The number of hydrogen-bond acceptors (Lipinski definition) is 6. The monoisotopic (exact) mass is 339 g/mol. The minimum absolute atomic E-state index is 0.200. The Labute approximate surface area is 144 Å². The fraction of sp³-hybridized carbons (Fsp3) is 0.176. The number of nitrogens with zero attached hydrogens (tertiary/aromatic N) is 3. The number of benzene rings is 1. The summed E-state index contributed by atoms with van der Waals surface area (Å²) in [4.78, 5) is 25.3. The average Bonchev–Trinajstić information content (AvgIpc) is 2.91. The van der Waals surface area contributed by atoms with E-state index in [4.69, 9.17) is 0 Å². The van der Waals surface area contributed by atoms with Gasteiger partial charge in [0, 0.05) is 28.0 Å². The third-order valence-electron chi connectivity index (χ3n) is 3.20. The first-order chi connectivity index (χ1) is 11.5. The quantitative estimate of drug-likeness (QED) is 0.754. The number of aryl methyl sites for hydroxylation is 3. The molecule has 3 aromatic rings. The van der Waals surface area contributed by atoms with Crippen molar-refractivity contribution in [3.63, 3.8) is 0 Å². The van der Waals surface area contributed by atoms with Crippen molar-refractivity contribution in [2.24, 2.45) is 0 Å². The first kappa shape index (κ1) is 16.1. The van der Waals surface area contributed by atoms with Crippen molar-refractivity contribution >= 4 is 34.0 Å². The Kier molecular flexibility index (Phi) is 4.52. The summed E-state index contributed by atoms with van der Waals surface area (Å²) in [5.74, 6) is 0.315. The fourth-order valence-electron chi connectivity index (χ4n) is 2.23. The molecule has 0 aliphatic heterocycles. The highest BCUT2D eigenvalue weighted by Gasteiger charge is 2.09. The van der Waals surface area contributed by atoms with Crippen LogP contribution < -0.4 is 10.6 Å². The number of aromatic nitrogens is 3. The summed E-state index contributed by atoms with van der Waals surface area (Å²) in [5.41, 5.74) is 3.95. The molecule has 7 heteroatoms. The number of rotatable bonds is 4. The highest BCUT2D eigenvalue weighted by molar-refractivity contribution is 7.13. The molecule has 0 atom stereocenters. The molecule has 2 heterocycles. The van der Waals surface area contributed by atoms with Crippen LogP contribution in [-0.2, 0) is 0 Å². The number of carbonyl (C=O) groups is 1. The summed E-state index contributed by atoms with van der Waals surface area (Å²) in [6, 6.07) is 9.10. The standard InChI is InChI=1S/C17H17N5OS/c1-10-7-11(2)19-16(18-10)21-14-6-4-5-13(8-14)15(23)22-17-20-12(3)9-24-17/h4-9H,1-3H3,(H,18,19,21)(H,20,22,23). The average molecular weight is 339 g/mol. The number of anilines is 3. The van der Waals surface area contributed by atoms with Crippen molar-refractivity contribution in [3.8, 4) is 0 Å². The van der Waals surface area contributed by atoms with E-state index in [1.165, 1.54) is 11.3 Å². The lowest BCUT2D eigenvalue weighted by Crippen LogP contribution is -2.12. The molecule has 24 heavy (non-hydrogen) atoms. The molecule has 2 N–H and O–H groups in total. The summed E-state index contributed by atoms with van der Waals surface area (Å²) in [6.45, 7) is 5.72. The van der Waals surface area contributed by atoms with Crippen molar-refractivity contribution < 1.29 is 4.79 Å². The van der Waals surface area contributed by atoms with Crippen molar-refractivity contribution in [2.45, 2.75) is 20.8 Å². The molecule has 1 amide bonds. The number of amides is 1. The molecule has 0 saturated heterocycles. The maximum absolute atomic E-state index is 12.3. The third-order valence-corrected chi connectivity index (χ3v) is 4.08. The zero-order valence-electron chi connectivity index (χ0n) is 13.6. The van der Waals surface area contributed by atoms with E-state index in [1.807, 2.05) is 44.4 Å². The van der Waals surface area contributed by atoms with Gasteiger partial charge in [-0.2, -0.15) is 0 Å². The lowest BCUT2D eigenvalue weighted by Gasteiger charge is -2.08. The van der Waals surface area contributed by atoms with Gasteiger partial charge in [-0.3, -0.25) is 10.1 Å². The molecule has 0 aliphatic carbocycles. The largest absolute Gasteiger partial charge is 0.324 e. The number of carbonyl (C=O) groups excluding carboxylic acids is 1. The van der Waals surface area contributed by atoms with Gasteiger partial charge >= 0.3 is 0 Å². The summed E-state index contributed by atoms with van der Waals surface area (Å²) in [5, 5.41) is 8.42. The maximum atomic E-state index is 12.3. The predicted octanol–water partition coefficient (Wildman–Crippen LogP) is 3.85. The van der Waals surface area contributed by atoms with Gasteiger partial charge in [-0.15, -0.1) is 11.3 Å². The molecule has 2 aromatic heterocycles. The Hall–Kier alpha value is -2.80. The van der Waals surface area contributed by atoms with Crippen LogP contribution in [-0.4, -0.2) is 20.9 Å². The Morgan fingerprint density at radius 1 is 1.00 bits per heavy atom. The highest BCUT2D eigenvalue weighted by Crippen LogP contribution is 2.19. The third kappa shape index (κ3) is 3.94. The van der Waals surface area contributed by atoms with Crippen LogP contribution in [0.2, 0.25) is 0 Å². The van der Waals surface area contributed by atoms with Crippen LogP contribution >= 0.6 is 11.3 Å². The van der Waals surface area contributed by atoms with Gasteiger partial charge in [-0.05, 0) is 45.0 Å². The van der Waals surface area contributed by atoms with Gasteiger partial charge in [0.25, 0.3) is 5.91 Å². The molecule has 0 fully saturated rings. The Balaban J connectivity index is 1.77. The minimum atomic E-state index is -0.200. The van der Waals surface area contributed by atoms with Gasteiger partial charge in [-0.25, -0.2) is 15.0 Å². The molecule has 0 saturated carbocycles. The lowest BCUT2D eigenvalue weighted by molar-refractivity contribution is 0.102. The van der Waals surface area contributed by atoms with E-state index < -0.39 is 0 Å². The molecule has 0 spiro atoms. The zero-order chi connectivity index (χ0) is 17.1. The van der Waals surface area contributed by atoms with E-state index in [9.17, 15) is 4.79 Å². The van der Waals surface area contributed by atoms with Gasteiger partial charge < -0.3 is 5.32 Å².